The molecule has 0 aliphatic heterocycles. The third-order valence-corrected chi connectivity index (χ3v) is 1.70. The molecule has 0 aliphatic rings. The van der Waals surface area contributed by atoms with E-state index >= 15 is 0 Å². The molecule has 0 atom stereocenters. The van der Waals surface area contributed by atoms with Crippen LogP contribution in [0.25, 0.3) is 0 Å². The molecule has 0 spiro atoms. The summed E-state index contributed by atoms with van der Waals surface area (Å²) in [5, 5.41) is 2.17. The fourth-order valence-corrected chi connectivity index (χ4v) is 1.02. The average Bonchev–Trinajstić information content (AvgIpc) is 2.23. The SMILES string of the molecule is CCOCC(=O)Nc1cc(F)c(F)c(F)c1. The number of nitrogens with one attached hydrogen (secondary N) is 1. The van der Waals surface area contributed by atoms with Crippen LogP contribution in [0.1, 0.15) is 6.92 Å². The third kappa shape index (κ3) is 3.23. The van der Waals surface area contributed by atoms with Gasteiger partial charge in [-0.25, -0.2) is 13.2 Å². The molecule has 1 aromatic rings. The number of carbonyl (C=O) groups excluding carboxylic acids is 1. The molecule has 0 heterocycles. The maximum absolute atomic E-state index is 12.7. The summed E-state index contributed by atoms with van der Waals surface area (Å²) in [6, 6.07) is 1.39. The third-order valence-electron chi connectivity index (χ3n) is 1.70. The Balaban J connectivity index is 2.71. The first-order chi connectivity index (χ1) is 7.54. The minimum absolute atomic E-state index is 0.152. The van der Waals surface area contributed by atoms with E-state index in [1.807, 2.05) is 0 Å². The van der Waals surface area contributed by atoms with Gasteiger partial charge in [0.1, 0.15) is 6.61 Å². The predicted molar refractivity (Wildman–Crippen MR) is 51.4 cm³/mol. The van der Waals surface area contributed by atoms with Gasteiger partial charge >= 0.3 is 0 Å². The Morgan fingerprint density at radius 3 is 2.38 bits per heavy atom. The quantitative estimate of drug-likeness (QED) is 0.808. The van der Waals surface area contributed by atoms with E-state index < -0.39 is 23.4 Å². The average molecular weight is 233 g/mol. The number of hydrogen-bond acceptors (Lipinski definition) is 2. The van der Waals surface area contributed by atoms with Crippen molar-refractivity contribution in [3.63, 3.8) is 0 Å². The van der Waals surface area contributed by atoms with E-state index in [0.29, 0.717) is 18.7 Å². The smallest absolute Gasteiger partial charge is 0.250 e. The number of benzene rings is 1. The van der Waals surface area contributed by atoms with Gasteiger partial charge in [0.25, 0.3) is 0 Å². The fourth-order valence-electron chi connectivity index (χ4n) is 1.02. The molecule has 16 heavy (non-hydrogen) atoms. The van der Waals surface area contributed by atoms with E-state index in [4.69, 9.17) is 4.74 Å². The summed E-state index contributed by atoms with van der Waals surface area (Å²) >= 11 is 0. The van der Waals surface area contributed by atoms with Crippen molar-refractivity contribution in [2.45, 2.75) is 6.92 Å². The van der Waals surface area contributed by atoms with Gasteiger partial charge in [-0.05, 0) is 6.92 Å². The molecule has 0 saturated heterocycles. The molecule has 0 aliphatic carbocycles. The standard InChI is InChI=1S/C10H10F3NO2/c1-2-16-5-9(15)14-6-3-7(11)10(13)8(12)4-6/h3-4H,2,5H2,1H3,(H,14,15). The van der Waals surface area contributed by atoms with Crippen molar-refractivity contribution in [1.82, 2.24) is 0 Å². The lowest BCUT2D eigenvalue weighted by Crippen LogP contribution is -2.18. The Bertz CT molecular complexity index is 373. The number of anilines is 1. The second-order valence-corrected chi connectivity index (χ2v) is 2.94. The van der Waals surface area contributed by atoms with Crippen LogP contribution in [-0.4, -0.2) is 19.1 Å². The zero-order valence-electron chi connectivity index (χ0n) is 8.52. The summed E-state index contributed by atoms with van der Waals surface area (Å²) in [5.74, 6) is -4.84. The van der Waals surface area contributed by atoms with Crippen molar-refractivity contribution in [2.75, 3.05) is 18.5 Å². The van der Waals surface area contributed by atoms with E-state index in [2.05, 4.69) is 5.32 Å². The van der Waals surface area contributed by atoms with Gasteiger partial charge in [-0.2, -0.15) is 0 Å². The van der Waals surface area contributed by atoms with Gasteiger partial charge in [0.15, 0.2) is 17.5 Å². The molecule has 6 heteroatoms. The zero-order chi connectivity index (χ0) is 12.1. The molecule has 0 bridgehead atoms. The topological polar surface area (TPSA) is 38.3 Å². The molecule has 1 rings (SSSR count). The molecule has 3 nitrogen and oxygen atoms in total. The Kier molecular flexibility index (Phi) is 4.30. The summed E-state index contributed by atoms with van der Waals surface area (Å²) < 4.78 is 42.8. The van der Waals surface area contributed by atoms with Crippen LogP contribution in [0.15, 0.2) is 12.1 Å². The van der Waals surface area contributed by atoms with E-state index in [9.17, 15) is 18.0 Å². The zero-order valence-corrected chi connectivity index (χ0v) is 8.52. The van der Waals surface area contributed by atoms with Crippen LogP contribution < -0.4 is 5.32 Å². The maximum Gasteiger partial charge on any atom is 0.250 e. The highest BCUT2D eigenvalue weighted by atomic mass is 19.2. The van der Waals surface area contributed by atoms with Crippen LogP contribution in [0, 0.1) is 17.5 Å². The lowest BCUT2D eigenvalue weighted by Gasteiger charge is -2.06. The molecular formula is C10H10F3NO2. The molecule has 0 aromatic heterocycles. The highest BCUT2D eigenvalue weighted by Crippen LogP contribution is 2.17. The van der Waals surface area contributed by atoms with Crippen molar-refractivity contribution in [1.29, 1.82) is 0 Å². The number of halogens is 3. The first-order valence-electron chi connectivity index (χ1n) is 4.56. The summed E-state index contributed by atoms with van der Waals surface area (Å²) in [6.07, 6.45) is 0. The molecule has 0 fully saturated rings. The fraction of sp³-hybridized carbons (Fsp3) is 0.300. The molecule has 1 N–H and O–H groups in total. The minimum Gasteiger partial charge on any atom is -0.372 e. The van der Waals surface area contributed by atoms with Gasteiger partial charge in [0, 0.05) is 24.4 Å². The van der Waals surface area contributed by atoms with Crippen LogP contribution in [0.4, 0.5) is 18.9 Å². The van der Waals surface area contributed by atoms with Gasteiger partial charge in [-0.1, -0.05) is 0 Å². The van der Waals surface area contributed by atoms with Gasteiger partial charge in [-0.3, -0.25) is 4.79 Å². The molecule has 0 radical (unpaired) electrons. The normalized spacial score (nSPS) is 10.2. The van der Waals surface area contributed by atoms with Crippen molar-refractivity contribution in [3.05, 3.63) is 29.6 Å². The number of rotatable bonds is 4. The molecule has 0 unspecified atom stereocenters. The van der Waals surface area contributed by atoms with Crippen molar-refractivity contribution in [2.24, 2.45) is 0 Å². The largest absolute Gasteiger partial charge is 0.372 e. The first-order valence-corrected chi connectivity index (χ1v) is 4.56. The number of hydrogen-bond donors (Lipinski definition) is 1. The summed E-state index contributed by atoms with van der Waals surface area (Å²) in [5.41, 5.74) is -0.152. The van der Waals surface area contributed by atoms with Gasteiger partial charge < -0.3 is 10.1 Å². The van der Waals surface area contributed by atoms with Crippen LogP contribution in [-0.2, 0) is 9.53 Å². The van der Waals surface area contributed by atoms with Crippen LogP contribution in [0.3, 0.4) is 0 Å². The Hall–Kier alpha value is -1.56. The van der Waals surface area contributed by atoms with Gasteiger partial charge in [0.2, 0.25) is 5.91 Å². The molecule has 0 saturated carbocycles. The predicted octanol–water partition coefficient (Wildman–Crippen LogP) is 2.08. The molecule has 1 amide bonds. The maximum atomic E-state index is 12.7. The van der Waals surface area contributed by atoms with E-state index in [1.165, 1.54) is 0 Å². The van der Waals surface area contributed by atoms with Gasteiger partial charge in [-0.15, -0.1) is 0 Å². The van der Waals surface area contributed by atoms with Crippen molar-refractivity contribution >= 4 is 11.6 Å². The van der Waals surface area contributed by atoms with Crippen LogP contribution in [0.5, 0.6) is 0 Å². The number of amides is 1. The highest BCUT2D eigenvalue weighted by molar-refractivity contribution is 5.91. The van der Waals surface area contributed by atoms with Crippen molar-refractivity contribution < 1.29 is 22.7 Å². The lowest BCUT2D eigenvalue weighted by atomic mass is 10.3. The summed E-state index contributed by atoms with van der Waals surface area (Å²) in [7, 11) is 0. The molecule has 1 aromatic carbocycles. The van der Waals surface area contributed by atoms with Crippen molar-refractivity contribution in [3.8, 4) is 0 Å². The lowest BCUT2D eigenvalue weighted by molar-refractivity contribution is -0.120. The van der Waals surface area contributed by atoms with Crippen LogP contribution >= 0.6 is 0 Å². The summed E-state index contributed by atoms with van der Waals surface area (Å²) in [4.78, 5) is 11.1. The Labute approximate surface area is 90.2 Å². The van der Waals surface area contributed by atoms with Gasteiger partial charge in [0.05, 0.1) is 0 Å². The number of carbonyl (C=O) groups is 1. The minimum atomic E-state index is -1.57. The highest BCUT2D eigenvalue weighted by Gasteiger charge is 2.11. The van der Waals surface area contributed by atoms with E-state index in [1.54, 1.807) is 6.92 Å². The molecule has 88 valence electrons. The molecular weight excluding hydrogens is 223 g/mol. The Morgan fingerprint density at radius 2 is 1.88 bits per heavy atom. The second kappa shape index (κ2) is 5.50. The summed E-state index contributed by atoms with van der Waals surface area (Å²) in [6.45, 7) is 1.82. The van der Waals surface area contributed by atoms with Crippen LogP contribution in [0.2, 0.25) is 0 Å². The second-order valence-electron chi connectivity index (χ2n) is 2.94. The number of ether oxygens (including phenoxy) is 1. The Morgan fingerprint density at radius 1 is 1.31 bits per heavy atom. The first kappa shape index (κ1) is 12.5. The van der Waals surface area contributed by atoms with E-state index in [-0.39, 0.29) is 12.3 Å². The monoisotopic (exact) mass is 233 g/mol. The van der Waals surface area contributed by atoms with E-state index in [0.717, 1.165) is 0 Å².